The van der Waals surface area contributed by atoms with E-state index in [1.165, 1.54) is 10.5 Å². The summed E-state index contributed by atoms with van der Waals surface area (Å²) in [6.45, 7) is 4.75. The number of H-pyrrole nitrogens is 1. The fourth-order valence-corrected chi connectivity index (χ4v) is 3.08. The summed E-state index contributed by atoms with van der Waals surface area (Å²) in [6.07, 6.45) is 0. The zero-order chi connectivity index (χ0) is 19.6. The Bertz CT molecular complexity index is 1020. The van der Waals surface area contributed by atoms with Gasteiger partial charge in [-0.3, -0.25) is 4.79 Å². The highest BCUT2D eigenvalue weighted by Gasteiger charge is 2.18. The molecule has 0 saturated heterocycles. The molecule has 0 radical (unpaired) electrons. The maximum Gasteiger partial charge on any atom is 0.320 e. The number of amides is 2. The number of urea groups is 1. The number of pyridine rings is 1. The average Bonchev–Trinajstić information content (AvgIpc) is 2.63. The lowest BCUT2D eigenvalue weighted by atomic mass is 10.1. The minimum atomic E-state index is -0.160. The second-order valence-corrected chi connectivity index (χ2v) is 7.23. The summed E-state index contributed by atoms with van der Waals surface area (Å²) < 4.78 is 0. The molecule has 27 heavy (non-hydrogen) atoms. The van der Waals surface area contributed by atoms with Gasteiger partial charge in [0, 0.05) is 31.7 Å². The minimum Gasteiger partial charge on any atom is -0.331 e. The Labute approximate surface area is 159 Å². The summed E-state index contributed by atoms with van der Waals surface area (Å²) >= 11 is 0. The zero-order valence-corrected chi connectivity index (χ0v) is 16.2. The van der Waals surface area contributed by atoms with Crippen molar-refractivity contribution in [2.45, 2.75) is 26.9 Å². The van der Waals surface area contributed by atoms with Crippen LogP contribution in [0, 0.1) is 13.8 Å². The van der Waals surface area contributed by atoms with E-state index in [2.05, 4.69) is 4.98 Å². The van der Waals surface area contributed by atoms with Crippen LogP contribution in [0.25, 0.3) is 10.9 Å². The predicted molar refractivity (Wildman–Crippen MR) is 109 cm³/mol. The molecule has 3 aromatic rings. The van der Waals surface area contributed by atoms with Gasteiger partial charge in [0.15, 0.2) is 0 Å². The summed E-state index contributed by atoms with van der Waals surface area (Å²) in [7, 11) is 3.44. The van der Waals surface area contributed by atoms with Gasteiger partial charge in [0.25, 0.3) is 5.56 Å². The fourth-order valence-electron chi connectivity index (χ4n) is 3.08. The molecule has 0 saturated carbocycles. The highest BCUT2D eigenvalue weighted by Crippen LogP contribution is 2.16. The van der Waals surface area contributed by atoms with Crippen molar-refractivity contribution in [1.82, 2.24) is 14.8 Å². The normalized spacial score (nSPS) is 10.8. The third-order valence-corrected chi connectivity index (χ3v) is 4.58. The minimum absolute atomic E-state index is 0.126. The maximum atomic E-state index is 12.7. The van der Waals surface area contributed by atoms with Crippen molar-refractivity contribution in [1.29, 1.82) is 0 Å². The van der Waals surface area contributed by atoms with Gasteiger partial charge in [-0.15, -0.1) is 0 Å². The number of aromatic nitrogens is 1. The Morgan fingerprint density at radius 2 is 1.59 bits per heavy atom. The van der Waals surface area contributed by atoms with Crippen LogP contribution in [0.4, 0.5) is 4.79 Å². The van der Waals surface area contributed by atoms with Gasteiger partial charge in [-0.05, 0) is 43.0 Å². The number of aromatic amines is 1. The van der Waals surface area contributed by atoms with Gasteiger partial charge in [-0.2, -0.15) is 0 Å². The first kappa shape index (κ1) is 18.7. The van der Waals surface area contributed by atoms with E-state index in [-0.39, 0.29) is 18.1 Å². The number of carbonyl (C=O) groups excluding carboxylic acids is 1. The second-order valence-electron chi connectivity index (χ2n) is 7.23. The van der Waals surface area contributed by atoms with E-state index >= 15 is 0 Å². The van der Waals surface area contributed by atoms with Crippen LogP contribution in [0.5, 0.6) is 0 Å². The Kier molecular flexibility index (Phi) is 5.31. The molecule has 0 fully saturated rings. The number of hydrogen-bond donors (Lipinski definition) is 1. The van der Waals surface area contributed by atoms with E-state index in [4.69, 9.17) is 0 Å². The molecule has 0 atom stereocenters. The summed E-state index contributed by atoms with van der Waals surface area (Å²) in [4.78, 5) is 31.4. The van der Waals surface area contributed by atoms with Crippen LogP contribution in [-0.2, 0) is 13.1 Å². The number of nitrogens with one attached hydrogen (secondary N) is 1. The molecule has 3 rings (SSSR count). The lowest BCUT2D eigenvalue weighted by Gasteiger charge is -2.26. The van der Waals surface area contributed by atoms with E-state index in [0.717, 1.165) is 22.0 Å². The molecular formula is C22H25N3O2. The molecule has 0 spiro atoms. The van der Waals surface area contributed by atoms with Gasteiger partial charge in [-0.1, -0.05) is 41.5 Å². The van der Waals surface area contributed by atoms with Gasteiger partial charge >= 0.3 is 6.03 Å². The van der Waals surface area contributed by atoms with Gasteiger partial charge in [-0.25, -0.2) is 4.79 Å². The maximum absolute atomic E-state index is 12.7. The molecule has 140 valence electrons. The van der Waals surface area contributed by atoms with Crippen LogP contribution in [0.15, 0.2) is 53.3 Å². The zero-order valence-electron chi connectivity index (χ0n) is 16.2. The van der Waals surface area contributed by atoms with Crippen molar-refractivity contribution in [3.05, 3.63) is 81.1 Å². The number of benzene rings is 2. The SMILES string of the molecule is Cc1ccc(CN(Cc2cc3cc(C)ccc3[nH]c2=O)C(=O)N(C)C)cc1. The van der Waals surface area contributed by atoms with Crippen LogP contribution in [0.1, 0.15) is 22.3 Å². The first-order valence-electron chi connectivity index (χ1n) is 8.98. The lowest BCUT2D eigenvalue weighted by Crippen LogP contribution is -2.39. The van der Waals surface area contributed by atoms with Crippen LogP contribution >= 0.6 is 0 Å². The Balaban J connectivity index is 1.94. The van der Waals surface area contributed by atoms with Gasteiger partial charge in [0.1, 0.15) is 0 Å². The molecule has 1 N–H and O–H groups in total. The van der Waals surface area contributed by atoms with E-state index in [1.807, 2.05) is 62.4 Å². The monoisotopic (exact) mass is 363 g/mol. The molecule has 5 nitrogen and oxygen atoms in total. The molecule has 0 aliphatic carbocycles. The summed E-state index contributed by atoms with van der Waals surface area (Å²) in [5, 5.41) is 0.970. The van der Waals surface area contributed by atoms with Gasteiger partial charge in [0.2, 0.25) is 0 Å². The lowest BCUT2D eigenvalue weighted by molar-refractivity contribution is 0.165. The molecule has 0 bridgehead atoms. The van der Waals surface area contributed by atoms with E-state index in [9.17, 15) is 9.59 Å². The quantitative estimate of drug-likeness (QED) is 0.766. The van der Waals surface area contributed by atoms with Crippen molar-refractivity contribution in [3.8, 4) is 0 Å². The number of aryl methyl sites for hydroxylation is 2. The standard InChI is InChI=1S/C22H25N3O2/c1-15-5-8-17(9-6-15)13-25(22(27)24(3)4)14-19-12-18-11-16(2)7-10-20(18)23-21(19)26/h5-12H,13-14H2,1-4H3,(H,23,26). The topological polar surface area (TPSA) is 56.4 Å². The van der Waals surface area contributed by atoms with E-state index in [0.29, 0.717) is 12.1 Å². The van der Waals surface area contributed by atoms with Crippen LogP contribution in [0.3, 0.4) is 0 Å². The molecule has 1 aromatic heterocycles. The Morgan fingerprint density at radius 3 is 2.26 bits per heavy atom. The molecule has 0 aliphatic rings. The number of fused-ring (bicyclic) bond motifs is 1. The fraction of sp³-hybridized carbons (Fsp3) is 0.273. The molecule has 5 heteroatoms. The van der Waals surface area contributed by atoms with Crippen molar-refractivity contribution in [3.63, 3.8) is 0 Å². The highest BCUT2D eigenvalue weighted by molar-refractivity contribution is 5.80. The predicted octanol–water partition coefficient (Wildman–Crippen LogP) is 3.83. The highest BCUT2D eigenvalue weighted by atomic mass is 16.2. The number of carbonyl (C=O) groups is 1. The largest absolute Gasteiger partial charge is 0.331 e. The Hall–Kier alpha value is -3.08. The van der Waals surface area contributed by atoms with E-state index in [1.54, 1.807) is 19.0 Å². The molecule has 2 aromatic carbocycles. The number of nitrogens with zero attached hydrogens (tertiary/aromatic N) is 2. The molecule has 0 unspecified atom stereocenters. The molecular weight excluding hydrogens is 338 g/mol. The van der Waals surface area contributed by atoms with Crippen molar-refractivity contribution in [2.24, 2.45) is 0 Å². The number of hydrogen-bond acceptors (Lipinski definition) is 2. The summed E-state index contributed by atoms with van der Waals surface area (Å²) in [5.74, 6) is 0. The smallest absolute Gasteiger partial charge is 0.320 e. The first-order chi connectivity index (χ1) is 12.8. The third-order valence-electron chi connectivity index (χ3n) is 4.58. The molecule has 2 amide bonds. The van der Waals surface area contributed by atoms with Crippen molar-refractivity contribution < 1.29 is 4.79 Å². The van der Waals surface area contributed by atoms with Crippen LogP contribution in [-0.4, -0.2) is 34.9 Å². The van der Waals surface area contributed by atoms with Crippen molar-refractivity contribution >= 4 is 16.9 Å². The Morgan fingerprint density at radius 1 is 0.926 bits per heavy atom. The molecule has 0 aliphatic heterocycles. The summed E-state index contributed by atoms with van der Waals surface area (Å²) in [6, 6.07) is 15.7. The van der Waals surface area contributed by atoms with Gasteiger partial charge < -0.3 is 14.8 Å². The second kappa shape index (κ2) is 7.66. The molecule has 1 heterocycles. The summed E-state index contributed by atoms with van der Waals surface area (Å²) in [5.41, 5.74) is 4.55. The number of rotatable bonds is 4. The average molecular weight is 363 g/mol. The first-order valence-corrected chi connectivity index (χ1v) is 8.98. The van der Waals surface area contributed by atoms with Crippen LogP contribution in [0.2, 0.25) is 0 Å². The van der Waals surface area contributed by atoms with Crippen LogP contribution < -0.4 is 5.56 Å². The van der Waals surface area contributed by atoms with Gasteiger partial charge in [0.05, 0.1) is 6.54 Å². The third kappa shape index (κ3) is 4.37. The van der Waals surface area contributed by atoms with Crippen molar-refractivity contribution in [2.75, 3.05) is 14.1 Å². The van der Waals surface area contributed by atoms with E-state index < -0.39 is 0 Å².